The molecule has 0 radical (unpaired) electrons. The van der Waals surface area contributed by atoms with Gasteiger partial charge in [-0.1, -0.05) is 30.3 Å². The number of hydrogen-bond donors (Lipinski definition) is 2. The highest BCUT2D eigenvalue weighted by Crippen LogP contribution is 2.26. The summed E-state index contributed by atoms with van der Waals surface area (Å²) in [5, 5.41) is 9.07. The van der Waals surface area contributed by atoms with Crippen molar-refractivity contribution in [3.05, 3.63) is 65.2 Å². The van der Waals surface area contributed by atoms with Gasteiger partial charge in [-0.15, -0.1) is 0 Å². The van der Waals surface area contributed by atoms with Crippen molar-refractivity contribution < 1.29 is 23.1 Å². The van der Waals surface area contributed by atoms with Gasteiger partial charge in [0, 0.05) is 5.69 Å². The van der Waals surface area contributed by atoms with Gasteiger partial charge in [0.15, 0.2) is 0 Å². The van der Waals surface area contributed by atoms with Crippen molar-refractivity contribution in [2.45, 2.75) is 5.75 Å². The fourth-order valence-corrected chi connectivity index (χ4v) is 3.68. The number of anilines is 1. The molecule has 0 aliphatic carbocycles. The van der Waals surface area contributed by atoms with Gasteiger partial charge >= 0.3 is 0 Å². The fraction of sp³-hybridized carbons (Fsp3) is 0.125. The van der Waals surface area contributed by atoms with Gasteiger partial charge in [-0.3, -0.25) is 19.2 Å². The van der Waals surface area contributed by atoms with Crippen LogP contribution in [0.1, 0.15) is 26.3 Å². The van der Waals surface area contributed by atoms with Gasteiger partial charge in [-0.2, -0.15) is 0 Å². The molecule has 1 aliphatic rings. The van der Waals surface area contributed by atoms with Crippen LogP contribution in [-0.4, -0.2) is 37.0 Å². The lowest BCUT2D eigenvalue weighted by atomic mass is 10.1. The molecule has 0 atom stereocenters. The number of benzene rings is 2. The van der Waals surface area contributed by atoms with Crippen LogP contribution in [-0.2, 0) is 15.8 Å². The average Bonchev–Trinajstić information content (AvgIpc) is 2.78. The van der Waals surface area contributed by atoms with Crippen LogP contribution < -0.4 is 4.72 Å². The minimum absolute atomic E-state index is 0.0639. The second-order valence-corrected chi connectivity index (χ2v) is 7.01. The summed E-state index contributed by atoms with van der Waals surface area (Å²) >= 11 is 0. The maximum absolute atomic E-state index is 12.2. The number of amides is 2. The molecule has 2 N–H and O–H groups in total. The van der Waals surface area contributed by atoms with Crippen molar-refractivity contribution in [1.82, 2.24) is 4.90 Å². The molecule has 2 aromatic carbocycles. The maximum atomic E-state index is 12.2. The summed E-state index contributed by atoms with van der Waals surface area (Å²) < 4.78 is 26.8. The highest BCUT2D eigenvalue weighted by molar-refractivity contribution is 7.91. The van der Waals surface area contributed by atoms with Crippen LogP contribution >= 0.6 is 0 Å². The summed E-state index contributed by atoms with van der Waals surface area (Å²) in [5.41, 5.74) is 1.02. The zero-order valence-electron chi connectivity index (χ0n) is 12.5. The van der Waals surface area contributed by atoms with Crippen molar-refractivity contribution in [3.63, 3.8) is 0 Å². The average molecular weight is 346 g/mol. The number of fused-ring (bicyclic) bond motifs is 1. The number of carbonyl (C=O) groups is 2. The van der Waals surface area contributed by atoms with Gasteiger partial charge in [-0.05, 0) is 23.8 Å². The lowest BCUT2D eigenvalue weighted by Gasteiger charge is -2.09. The van der Waals surface area contributed by atoms with Crippen molar-refractivity contribution in [2.24, 2.45) is 0 Å². The number of nitrogens with one attached hydrogen (secondary N) is 1. The van der Waals surface area contributed by atoms with Crippen LogP contribution in [0.5, 0.6) is 0 Å². The Morgan fingerprint density at radius 1 is 0.958 bits per heavy atom. The minimum Gasteiger partial charge on any atom is -0.376 e. The zero-order chi connectivity index (χ0) is 17.3. The zero-order valence-corrected chi connectivity index (χ0v) is 13.3. The Balaban J connectivity index is 1.84. The quantitative estimate of drug-likeness (QED) is 0.791. The van der Waals surface area contributed by atoms with Gasteiger partial charge in [0.05, 0.1) is 16.9 Å². The van der Waals surface area contributed by atoms with Gasteiger partial charge in [-0.25, -0.2) is 8.42 Å². The van der Waals surface area contributed by atoms with E-state index in [1.807, 2.05) is 0 Å². The lowest BCUT2D eigenvalue weighted by Crippen LogP contribution is -2.30. The monoisotopic (exact) mass is 346 g/mol. The molecule has 0 aromatic heterocycles. The Hall–Kier alpha value is -2.71. The molecule has 2 amide bonds. The van der Waals surface area contributed by atoms with Crippen molar-refractivity contribution in [2.75, 3.05) is 11.5 Å². The van der Waals surface area contributed by atoms with E-state index in [9.17, 15) is 18.0 Å². The molecule has 2 aromatic rings. The van der Waals surface area contributed by atoms with E-state index in [2.05, 4.69) is 4.72 Å². The van der Waals surface area contributed by atoms with Crippen LogP contribution in [0, 0.1) is 0 Å². The van der Waals surface area contributed by atoms with Gasteiger partial charge in [0.1, 0.15) is 6.73 Å². The SMILES string of the molecule is O=C1c2ccc(NS(=O)(=O)Cc3ccccc3)cc2C(=O)N1CO. The van der Waals surface area contributed by atoms with E-state index in [0.717, 1.165) is 0 Å². The van der Waals surface area contributed by atoms with Gasteiger partial charge < -0.3 is 5.11 Å². The first-order valence-electron chi connectivity index (χ1n) is 7.07. The molecule has 3 rings (SSSR count). The van der Waals surface area contributed by atoms with E-state index in [1.54, 1.807) is 30.3 Å². The third kappa shape index (κ3) is 3.01. The van der Waals surface area contributed by atoms with E-state index in [0.29, 0.717) is 10.5 Å². The van der Waals surface area contributed by atoms with Gasteiger partial charge in [0.2, 0.25) is 10.0 Å². The molecule has 1 heterocycles. The number of carbonyl (C=O) groups excluding carboxylic acids is 2. The summed E-state index contributed by atoms with van der Waals surface area (Å²) in [7, 11) is -3.66. The summed E-state index contributed by atoms with van der Waals surface area (Å²) in [6.07, 6.45) is 0. The third-order valence-corrected chi connectivity index (χ3v) is 4.85. The van der Waals surface area contributed by atoms with E-state index < -0.39 is 28.6 Å². The van der Waals surface area contributed by atoms with Crippen LogP contribution in [0.4, 0.5) is 5.69 Å². The van der Waals surface area contributed by atoms with Crippen LogP contribution in [0.25, 0.3) is 0 Å². The van der Waals surface area contributed by atoms with E-state index in [-0.39, 0.29) is 22.6 Å². The standard InChI is InChI=1S/C16H14N2O5S/c19-10-18-15(20)13-7-6-12(8-14(13)16(18)21)17-24(22,23)9-11-4-2-1-3-5-11/h1-8,17,19H,9-10H2. The summed E-state index contributed by atoms with van der Waals surface area (Å²) in [5.74, 6) is -1.46. The molecule has 0 unspecified atom stereocenters. The maximum Gasteiger partial charge on any atom is 0.263 e. The normalized spacial score (nSPS) is 14.0. The Labute approximate surface area is 138 Å². The van der Waals surface area contributed by atoms with Crippen LogP contribution in [0.3, 0.4) is 0 Å². The second-order valence-electron chi connectivity index (χ2n) is 5.29. The predicted molar refractivity (Wildman–Crippen MR) is 86.7 cm³/mol. The number of rotatable bonds is 5. The molecule has 0 saturated carbocycles. The number of nitrogens with zero attached hydrogens (tertiary/aromatic N) is 1. The van der Waals surface area contributed by atoms with Crippen molar-refractivity contribution >= 4 is 27.5 Å². The topological polar surface area (TPSA) is 104 Å². The first kappa shape index (κ1) is 16.2. The molecule has 124 valence electrons. The molecule has 0 fully saturated rings. The molecule has 24 heavy (non-hydrogen) atoms. The predicted octanol–water partition coefficient (Wildman–Crippen LogP) is 1.17. The largest absolute Gasteiger partial charge is 0.376 e. The summed E-state index contributed by atoms with van der Waals surface area (Å²) in [4.78, 5) is 24.6. The fourth-order valence-electron chi connectivity index (χ4n) is 2.49. The molecule has 0 spiro atoms. The number of sulfonamides is 1. The minimum atomic E-state index is -3.66. The smallest absolute Gasteiger partial charge is 0.263 e. The van der Waals surface area contributed by atoms with Crippen molar-refractivity contribution in [1.29, 1.82) is 0 Å². The lowest BCUT2D eigenvalue weighted by molar-refractivity contribution is 0.0490. The first-order chi connectivity index (χ1) is 11.4. The molecule has 0 saturated heterocycles. The number of hydrogen-bond acceptors (Lipinski definition) is 5. The molecule has 1 aliphatic heterocycles. The highest BCUT2D eigenvalue weighted by atomic mass is 32.2. The molecule has 7 nitrogen and oxygen atoms in total. The van der Waals surface area contributed by atoms with E-state index in [4.69, 9.17) is 5.11 Å². The van der Waals surface area contributed by atoms with E-state index in [1.165, 1.54) is 18.2 Å². The third-order valence-electron chi connectivity index (χ3n) is 3.58. The summed E-state index contributed by atoms with van der Waals surface area (Å²) in [6.45, 7) is -0.721. The molecule has 0 bridgehead atoms. The molecular formula is C16H14N2O5S. The van der Waals surface area contributed by atoms with Crippen LogP contribution in [0.15, 0.2) is 48.5 Å². The Morgan fingerprint density at radius 3 is 2.29 bits per heavy atom. The Bertz CT molecular complexity index is 909. The number of aliphatic hydroxyl groups is 1. The Kier molecular flexibility index (Phi) is 4.08. The molecular weight excluding hydrogens is 332 g/mol. The molecule has 8 heteroatoms. The highest BCUT2D eigenvalue weighted by Gasteiger charge is 2.35. The van der Waals surface area contributed by atoms with Gasteiger partial charge in [0.25, 0.3) is 11.8 Å². The van der Waals surface area contributed by atoms with E-state index >= 15 is 0 Å². The Morgan fingerprint density at radius 2 is 1.62 bits per heavy atom. The number of aliphatic hydroxyl groups excluding tert-OH is 1. The van der Waals surface area contributed by atoms with Crippen LogP contribution in [0.2, 0.25) is 0 Å². The second kappa shape index (κ2) is 6.06. The summed E-state index contributed by atoms with van der Waals surface area (Å²) in [6, 6.07) is 12.8. The number of imide groups is 1. The van der Waals surface area contributed by atoms with Crippen molar-refractivity contribution in [3.8, 4) is 0 Å². The first-order valence-corrected chi connectivity index (χ1v) is 8.72.